The molecule has 0 saturated heterocycles. The Labute approximate surface area is 119 Å². The maximum absolute atomic E-state index is 12.1. The number of nitro groups is 1. The van der Waals surface area contributed by atoms with Crippen LogP contribution in [0.3, 0.4) is 0 Å². The smallest absolute Gasteiger partial charge is 0.293 e. The van der Waals surface area contributed by atoms with Crippen LogP contribution >= 0.6 is 0 Å². The second-order valence-corrected chi connectivity index (χ2v) is 5.95. The summed E-state index contributed by atoms with van der Waals surface area (Å²) in [6.45, 7) is 1.66. The van der Waals surface area contributed by atoms with Gasteiger partial charge in [0, 0.05) is 18.3 Å². The Kier molecular flexibility index (Phi) is 3.76. The lowest BCUT2D eigenvalue weighted by Crippen LogP contribution is -2.16. The normalized spacial score (nSPS) is 11.1. The molecular weight excluding hydrogens is 298 g/mol. The van der Waals surface area contributed by atoms with Crippen LogP contribution in [0, 0.1) is 17.0 Å². The van der Waals surface area contributed by atoms with Crippen LogP contribution in [0.1, 0.15) is 5.56 Å². The fraction of sp³-hybridized carbons (Fsp3) is 0.0833. The number of aromatic nitrogens is 1. The van der Waals surface area contributed by atoms with E-state index in [0.29, 0.717) is 5.56 Å². The maximum atomic E-state index is 12.1. The largest absolute Gasteiger partial charge is 0.328 e. The third-order valence-corrected chi connectivity index (χ3v) is 4.02. The zero-order chi connectivity index (χ0) is 15.6. The van der Waals surface area contributed by atoms with Gasteiger partial charge in [0.15, 0.2) is 0 Å². The molecule has 1 aromatic heterocycles. The summed E-state index contributed by atoms with van der Waals surface area (Å²) in [6, 6.07) is 6.30. The molecule has 110 valence electrons. The van der Waals surface area contributed by atoms with E-state index in [9.17, 15) is 23.3 Å². The van der Waals surface area contributed by atoms with Crippen molar-refractivity contribution in [3.05, 3.63) is 62.6 Å². The molecule has 2 aromatic rings. The van der Waals surface area contributed by atoms with E-state index in [4.69, 9.17) is 0 Å². The minimum atomic E-state index is -4.02. The van der Waals surface area contributed by atoms with Crippen LogP contribution in [0.25, 0.3) is 0 Å². The summed E-state index contributed by atoms with van der Waals surface area (Å²) in [5.74, 6) is 0. The van der Waals surface area contributed by atoms with E-state index in [1.807, 2.05) is 0 Å². The number of pyridine rings is 1. The molecular formula is C12H11N3O5S. The topological polar surface area (TPSA) is 122 Å². The number of anilines is 1. The molecule has 0 aliphatic carbocycles. The van der Waals surface area contributed by atoms with Gasteiger partial charge in [-0.25, -0.2) is 8.42 Å². The summed E-state index contributed by atoms with van der Waals surface area (Å²) < 4.78 is 26.4. The van der Waals surface area contributed by atoms with Gasteiger partial charge in [-0.3, -0.25) is 19.6 Å². The van der Waals surface area contributed by atoms with Crippen molar-refractivity contribution in [3.8, 4) is 0 Å². The average molecular weight is 309 g/mol. The van der Waals surface area contributed by atoms with Gasteiger partial charge in [-0.15, -0.1) is 0 Å². The van der Waals surface area contributed by atoms with Crippen LogP contribution in [0.4, 0.5) is 11.4 Å². The first-order chi connectivity index (χ1) is 9.79. The van der Waals surface area contributed by atoms with Gasteiger partial charge in [0.05, 0.1) is 4.92 Å². The Morgan fingerprint density at radius 1 is 1.24 bits per heavy atom. The van der Waals surface area contributed by atoms with E-state index < -0.39 is 20.5 Å². The Hall–Kier alpha value is -2.68. The first-order valence-electron chi connectivity index (χ1n) is 5.76. The summed E-state index contributed by atoms with van der Waals surface area (Å²) >= 11 is 0. The van der Waals surface area contributed by atoms with Crippen LogP contribution in [-0.2, 0) is 10.0 Å². The van der Waals surface area contributed by atoms with Crippen molar-refractivity contribution in [1.29, 1.82) is 0 Å². The maximum Gasteiger partial charge on any atom is 0.293 e. The number of nitrogens with one attached hydrogen (secondary N) is 2. The van der Waals surface area contributed by atoms with E-state index >= 15 is 0 Å². The molecule has 0 atom stereocenters. The highest BCUT2D eigenvalue weighted by Gasteiger charge is 2.21. The standard InChI is InChI=1S/C12H11N3O5S/c1-8-2-4-10(11(6-8)15(17)18)14-21(19,20)9-3-5-12(16)13-7-9/h2-7,14H,1H3,(H,13,16). The zero-order valence-electron chi connectivity index (χ0n) is 10.9. The van der Waals surface area contributed by atoms with Gasteiger partial charge < -0.3 is 4.98 Å². The van der Waals surface area contributed by atoms with E-state index in [-0.39, 0.29) is 16.3 Å². The number of aromatic amines is 1. The summed E-state index contributed by atoms with van der Waals surface area (Å²) in [7, 11) is -4.02. The molecule has 1 heterocycles. The predicted octanol–water partition coefficient (Wildman–Crippen LogP) is 1.39. The number of rotatable bonds is 4. The predicted molar refractivity (Wildman–Crippen MR) is 75.7 cm³/mol. The highest BCUT2D eigenvalue weighted by atomic mass is 32.2. The van der Waals surface area contributed by atoms with Gasteiger partial charge in [-0.05, 0) is 24.6 Å². The lowest BCUT2D eigenvalue weighted by Gasteiger charge is -2.08. The summed E-state index contributed by atoms with van der Waals surface area (Å²) in [6.07, 6.45) is 1.02. The monoisotopic (exact) mass is 309 g/mol. The molecule has 0 spiro atoms. The van der Waals surface area contributed by atoms with E-state index in [1.165, 1.54) is 12.1 Å². The molecule has 2 rings (SSSR count). The minimum absolute atomic E-state index is 0.142. The fourth-order valence-corrected chi connectivity index (χ4v) is 2.69. The molecule has 0 aliphatic heterocycles. The van der Waals surface area contributed by atoms with Crippen molar-refractivity contribution in [2.24, 2.45) is 0 Å². The lowest BCUT2D eigenvalue weighted by molar-refractivity contribution is -0.383. The molecule has 21 heavy (non-hydrogen) atoms. The highest BCUT2D eigenvalue weighted by molar-refractivity contribution is 7.92. The van der Waals surface area contributed by atoms with Crippen molar-refractivity contribution in [3.63, 3.8) is 0 Å². The Balaban J connectivity index is 2.44. The van der Waals surface area contributed by atoms with Gasteiger partial charge in [-0.1, -0.05) is 6.07 Å². The molecule has 1 aromatic carbocycles. The van der Waals surface area contributed by atoms with Gasteiger partial charge >= 0.3 is 0 Å². The molecule has 0 unspecified atom stereocenters. The first kappa shape index (κ1) is 14.7. The van der Waals surface area contributed by atoms with Gasteiger partial charge in [0.1, 0.15) is 10.6 Å². The molecule has 0 aliphatic rings. The van der Waals surface area contributed by atoms with Crippen LogP contribution < -0.4 is 10.3 Å². The van der Waals surface area contributed by atoms with E-state index in [2.05, 4.69) is 9.71 Å². The van der Waals surface area contributed by atoms with Crippen molar-refractivity contribution in [2.75, 3.05) is 4.72 Å². The Morgan fingerprint density at radius 3 is 2.52 bits per heavy atom. The molecule has 0 fully saturated rings. The number of nitrogens with zero attached hydrogens (tertiary/aromatic N) is 1. The molecule has 8 nitrogen and oxygen atoms in total. The third-order valence-electron chi connectivity index (χ3n) is 2.66. The molecule has 0 radical (unpaired) electrons. The molecule has 0 bridgehead atoms. The van der Waals surface area contributed by atoms with Crippen LogP contribution in [0.2, 0.25) is 0 Å². The van der Waals surface area contributed by atoms with Crippen molar-refractivity contribution in [2.45, 2.75) is 11.8 Å². The molecule has 0 amide bonds. The number of hydrogen-bond donors (Lipinski definition) is 2. The average Bonchev–Trinajstić information content (AvgIpc) is 2.41. The molecule has 2 N–H and O–H groups in total. The third kappa shape index (κ3) is 3.26. The summed E-state index contributed by atoms with van der Waals surface area (Å²) in [4.78, 5) is 23.3. The quantitative estimate of drug-likeness (QED) is 0.652. The van der Waals surface area contributed by atoms with Crippen LogP contribution in [0.5, 0.6) is 0 Å². The number of sulfonamides is 1. The minimum Gasteiger partial charge on any atom is -0.328 e. The number of nitro benzene ring substituents is 1. The van der Waals surface area contributed by atoms with E-state index in [0.717, 1.165) is 18.3 Å². The second-order valence-electron chi connectivity index (χ2n) is 4.27. The summed E-state index contributed by atoms with van der Waals surface area (Å²) in [5, 5.41) is 11.0. The molecule has 9 heteroatoms. The van der Waals surface area contributed by atoms with Gasteiger partial charge in [-0.2, -0.15) is 0 Å². The van der Waals surface area contributed by atoms with Gasteiger partial charge in [0.25, 0.3) is 15.7 Å². The van der Waals surface area contributed by atoms with Crippen molar-refractivity contribution in [1.82, 2.24) is 4.98 Å². The van der Waals surface area contributed by atoms with Crippen molar-refractivity contribution >= 4 is 21.4 Å². The number of benzene rings is 1. The molecule has 0 saturated carbocycles. The zero-order valence-corrected chi connectivity index (χ0v) is 11.7. The van der Waals surface area contributed by atoms with Crippen LogP contribution in [-0.4, -0.2) is 18.3 Å². The first-order valence-corrected chi connectivity index (χ1v) is 7.24. The lowest BCUT2D eigenvalue weighted by atomic mass is 10.2. The highest BCUT2D eigenvalue weighted by Crippen LogP contribution is 2.27. The van der Waals surface area contributed by atoms with E-state index in [1.54, 1.807) is 13.0 Å². The Morgan fingerprint density at radius 2 is 1.95 bits per heavy atom. The second kappa shape index (κ2) is 5.37. The number of H-pyrrole nitrogens is 1. The SMILES string of the molecule is Cc1ccc(NS(=O)(=O)c2ccc(=O)[nH]c2)c([N+](=O)[O-])c1. The number of hydrogen-bond acceptors (Lipinski definition) is 5. The summed E-state index contributed by atoms with van der Waals surface area (Å²) in [5.41, 5.74) is -0.302. The Bertz CT molecular complexity index is 837. The fourth-order valence-electron chi connectivity index (χ4n) is 1.65. The number of aryl methyl sites for hydroxylation is 1. The van der Waals surface area contributed by atoms with Crippen molar-refractivity contribution < 1.29 is 13.3 Å². The van der Waals surface area contributed by atoms with Gasteiger partial charge in [0.2, 0.25) is 5.56 Å². The van der Waals surface area contributed by atoms with Crippen LogP contribution in [0.15, 0.2) is 46.2 Å².